The minimum absolute atomic E-state index is 0.106. The van der Waals surface area contributed by atoms with E-state index in [1.54, 1.807) is 36.4 Å². The van der Waals surface area contributed by atoms with Crippen molar-refractivity contribution in [3.63, 3.8) is 0 Å². The highest BCUT2D eigenvalue weighted by molar-refractivity contribution is 6.04. The van der Waals surface area contributed by atoms with E-state index in [2.05, 4.69) is 10.6 Å². The van der Waals surface area contributed by atoms with Gasteiger partial charge in [0.2, 0.25) is 5.91 Å². The Morgan fingerprint density at radius 3 is 2.32 bits per heavy atom. The number of amides is 2. The predicted octanol–water partition coefficient (Wildman–Crippen LogP) is 3.37. The molecule has 6 nitrogen and oxygen atoms in total. The molecule has 0 saturated heterocycles. The number of hydrogen-bond acceptors (Lipinski definition) is 3. The number of benzene rings is 2. The van der Waals surface area contributed by atoms with Crippen molar-refractivity contribution in [2.24, 2.45) is 5.92 Å². The van der Waals surface area contributed by atoms with Crippen molar-refractivity contribution in [2.45, 2.75) is 38.6 Å². The molecule has 0 spiro atoms. The number of carbonyl (C=O) groups is 3. The van der Waals surface area contributed by atoms with E-state index < -0.39 is 5.97 Å². The third-order valence-electron chi connectivity index (χ3n) is 5.02. The molecule has 1 aliphatic carbocycles. The molecule has 0 bridgehead atoms. The van der Waals surface area contributed by atoms with E-state index in [1.165, 1.54) is 0 Å². The number of anilines is 1. The first-order chi connectivity index (χ1) is 13.5. The van der Waals surface area contributed by atoms with Gasteiger partial charge in [-0.2, -0.15) is 0 Å². The van der Waals surface area contributed by atoms with Crippen LogP contribution in [0.15, 0.2) is 48.5 Å². The summed E-state index contributed by atoms with van der Waals surface area (Å²) in [7, 11) is 0. The summed E-state index contributed by atoms with van der Waals surface area (Å²) in [6.45, 7) is 0.443. The lowest BCUT2D eigenvalue weighted by Crippen LogP contribution is -2.28. The summed E-state index contributed by atoms with van der Waals surface area (Å²) < 4.78 is 0. The standard InChI is InChI=1S/C22H24N2O4/c25-20(26)13-18-7-3-4-8-19(18)24-22(28)17-11-9-15(10-12-17)14-23-21(27)16-5-1-2-6-16/h3-4,7-12,16H,1-2,5-6,13-14H2,(H,23,27)(H,24,28)(H,25,26). The number of aliphatic carboxylic acids is 1. The van der Waals surface area contributed by atoms with Crippen LogP contribution < -0.4 is 10.6 Å². The largest absolute Gasteiger partial charge is 0.481 e. The minimum atomic E-state index is -0.953. The Morgan fingerprint density at radius 1 is 0.964 bits per heavy atom. The van der Waals surface area contributed by atoms with Gasteiger partial charge in [0, 0.05) is 23.7 Å². The Balaban J connectivity index is 1.58. The van der Waals surface area contributed by atoms with Crippen LogP contribution in [0.4, 0.5) is 5.69 Å². The molecule has 28 heavy (non-hydrogen) atoms. The van der Waals surface area contributed by atoms with E-state index in [9.17, 15) is 14.4 Å². The van der Waals surface area contributed by atoms with Gasteiger partial charge < -0.3 is 15.7 Å². The van der Waals surface area contributed by atoms with Crippen LogP contribution in [0.1, 0.15) is 47.2 Å². The van der Waals surface area contributed by atoms with Gasteiger partial charge in [0.25, 0.3) is 5.91 Å². The smallest absolute Gasteiger partial charge is 0.307 e. The molecule has 1 aliphatic rings. The van der Waals surface area contributed by atoms with Gasteiger partial charge in [0.05, 0.1) is 6.42 Å². The molecule has 3 N–H and O–H groups in total. The summed E-state index contributed by atoms with van der Waals surface area (Å²) in [6, 6.07) is 13.9. The number of carboxylic acids is 1. The van der Waals surface area contributed by atoms with Crippen molar-refractivity contribution in [2.75, 3.05) is 5.32 Å². The number of carboxylic acid groups (broad SMARTS) is 1. The Labute approximate surface area is 164 Å². The third kappa shape index (κ3) is 5.19. The lowest BCUT2D eigenvalue weighted by Gasteiger charge is -2.11. The second-order valence-electron chi connectivity index (χ2n) is 7.08. The van der Waals surface area contributed by atoms with E-state index >= 15 is 0 Å². The molecule has 0 radical (unpaired) electrons. The summed E-state index contributed by atoms with van der Waals surface area (Å²) in [5.74, 6) is -1.02. The Kier molecular flexibility index (Phi) is 6.42. The van der Waals surface area contributed by atoms with Crippen LogP contribution in [0.3, 0.4) is 0 Å². The minimum Gasteiger partial charge on any atom is -0.481 e. The summed E-state index contributed by atoms with van der Waals surface area (Å²) in [5.41, 5.74) is 2.43. The maximum atomic E-state index is 12.5. The zero-order valence-corrected chi connectivity index (χ0v) is 15.6. The summed E-state index contributed by atoms with van der Waals surface area (Å²) in [5, 5.41) is 14.7. The van der Waals surface area contributed by atoms with Crippen molar-refractivity contribution in [1.82, 2.24) is 5.32 Å². The van der Waals surface area contributed by atoms with Gasteiger partial charge in [-0.25, -0.2) is 0 Å². The van der Waals surface area contributed by atoms with Gasteiger partial charge in [-0.1, -0.05) is 43.2 Å². The Hall–Kier alpha value is -3.15. The molecule has 2 amide bonds. The number of carbonyl (C=O) groups excluding carboxylic acids is 2. The lowest BCUT2D eigenvalue weighted by molar-refractivity contribution is -0.136. The van der Waals surface area contributed by atoms with E-state index in [-0.39, 0.29) is 24.2 Å². The SMILES string of the molecule is O=C(O)Cc1ccccc1NC(=O)c1ccc(CNC(=O)C2CCCC2)cc1. The molecule has 3 rings (SSSR count). The molecule has 146 valence electrons. The topological polar surface area (TPSA) is 95.5 Å². The number of para-hydroxylation sites is 1. The van der Waals surface area contributed by atoms with Gasteiger partial charge in [0.1, 0.15) is 0 Å². The lowest BCUT2D eigenvalue weighted by atomic mass is 10.1. The molecule has 0 aliphatic heterocycles. The van der Waals surface area contributed by atoms with Crippen LogP contribution in [0.25, 0.3) is 0 Å². The van der Waals surface area contributed by atoms with Gasteiger partial charge in [0.15, 0.2) is 0 Å². The summed E-state index contributed by atoms with van der Waals surface area (Å²) in [4.78, 5) is 35.5. The van der Waals surface area contributed by atoms with Crippen molar-refractivity contribution < 1.29 is 19.5 Å². The fraction of sp³-hybridized carbons (Fsp3) is 0.318. The first-order valence-electron chi connectivity index (χ1n) is 9.50. The van der Waals surface area contributed by atoms with Crippen molar-refractivity contribution >= 4 is 23.5 Å². The molecule has 2 aromatic carbocycles. The van der Waals surface area contributed by atoms with Crippen LogP contribution >= 0.6 is 0 Å². The molecule has 0 aromatic heterocycles. The molecule has 1 fully saturated rings. The average molecular weight is 380 g/mol. The van der Waals surface area contributed by atoms with Crippen LogP contribution in [-0.2, 0) is 22.6 Å². The highest BCUT2D eigenvalue weighted by Gasteiger charge is 2.22. The normalized spacial score (nSPS) is 13.9. The predicted molar refractivity (Wildman–Crippen MR) is 106 cm³/mol. The second kappa shape index (κ2) is 9.17. The van der Waals surface area contributed by atoms with E-state index in [4.69, 9.17) is 5.11 Å². The van der Waals surface area contributed by atoms with Crippen molar-refractivity contribution in [1.29, 1.82) is 0 Å². The first kappa shape index (κ1) is 19.6. The monoisotopic (exact) mass is 380 g/mol. The third-order valence-corrected chi connectivity index (χ3v) is 5.02. The first-order valence-corrected chi connectivity index (χ1v) is 9.50. The van der Waals surface area contributed by atoms with Crippen LogP contribution in [0, 0.1) is 5.92 Å². The van der Waals surface area contributed by atoms with E-state index in [0.29, 0.717) is 23.4 Å². The van der Waals surface area contributed by atoms with Gasteiger partial charge in [-0.05, 0) is 42.2 Å². The Bertz CT molecular complexity index is 855. The van der Waals surface area contributed by atoms with E-state index in [0.717, 1.165) is 31.2 Å². The van der Waals surface area contributed by atoms with Crippen molar-refractivity contribution in [3.05, 3.63) is 65.2 Å². The number of hydrogen-bond donors (Lipinski definition) is 3. The van der Waals surface area contributed by atoms with Gasteiger partial charge in [-0.3, -0.25) is 14.4 Å². The average Bonchev–Trinajstić information content (AvgIpc) is 3.22. The quantitative estimate of drug-likeness (QED) is 0.686. The highest BCUT2D eigenvalue weighted by Crippen LogP contribution is 2.24. The highest BCUT2D eigenvalue weighted by atomic mass is 16.4. The van der Waals surface area contributed by atoms with Crippen LogP contribution in [-0.4, -0.2) is 22.9 Å². The zero-order valence-electron chi connectivity index (χ0n) is 15.6. The molecule has 2 aromatic rings. The zero-order chi connectivity index (χ0) is 19.9. The molecule has 0 atom stereocenters. The van der Waals surface area contributed by atoms with Gasteiger partial charge >= 0.3 is 5.97 Å². The molecular formula is C22H24N2O4. The maximum Gasteiger partial charge on any atom is 0.307 e. The molecule has 0 heterocycles. The molecule has 0 unspecified atom stereocenters. The number of rotatable bonds is 7. The summed E-state index contributed by atoms with van der Waals surface area (Å²) in [6.07, 6.45) is 4.02. The van der Waals surface area contributed by atoms with Crippen LogP contribution in [0.5, 0.6) is 0 Å². The fourth-order valence-corrected chi connectivity index (χ4v) is 3.45. The van der Waals surface area contributed by atoms with E-state index in [1.807, 2.05) is 12.1 Å². The maximum absolute atomic E-state index is 12.5. The molecular weight excluding hydrogens is 356 g/mol. The van der Waals surface area contributed by atoms with Crippen LogP contribution in [0.2, 0.25) is 0 Å². The second-order valence-corrected chi connectivity index (χ2v) is 7.08. The summed E-state index contributed by atoms with van der Waals surface area (Å²) >= 11 is 0. The number of nitrogens with one attached hydrogen (secondary N) is 2. The fourth-order valence-electron chi connectivity index (χ4n) is 3.45. The molecule has 6 heteroatoms. The van der Waals surface area contributed by atoms with Crippen molar-refractivity contribution in [3.8, 4) is 0 Å². The Morgan fingerprint density at radius 2 is 1.64 bits per heavy atom. The molecule has 1 saturated carbocycles. The van der Waals surface area contributed by atoms with Gasteiger partial charge in [-0.15, -0.1) is 0 Å².